The Labute approximate surface area is 221 Å². The molecule has 210 valence electrons. The zero-order chi connectivity index (χ0) is 25.1. The van der Waals surface area contributed by atoms with Crippen LogP contribution in [0.25, 0.3) is 0 Å². The van der Waals surface area contributed by atoms with Gasteiger partial charge < -0.3 is 41.2 Å². The maximum absolute atomic E-state index is 13.6. The minimum absolute atomic E-state index is 0. The first-order chi connectivity index (χ1) is 16.7. The molecule has 0 aromatic heterocycles. The molecule has 3 atom stereocenters. The van der Waals surface area contributed by atoms with Crippen LogP contribution in [0.3, 0.4) is 0 Å². The lowest BCUT2D eigenvalue weighted by atomic mass is 9.72. The van der Waals surface area contributed by atoms with E-state index in [4.69, 9.17) is 14.2 Å². The Hall–Kier alpha value is -3.35. The average molecular weight is 536 g/mol. The third-order valence-corrected chi connectivity index (χ3v) is 7.19. The van der Waals surface area contributed by atoms with Gasteiger partial charge in [-0.15, -0.1) is 0 Å². The Morgan fingerprint density at radius 2 is 1.79 bits per heavy atom. The van der Waals surface area contributed by atoms with Crippen LogP contribution < -0.4 is 10.9 Å². The van der Waals surface area contributed by atoms with Gasteiger partial charge in [0.1, 0.15) is 22.8 Å². The molecule has 8 N–H and O–H groups in total. The summed E-state index contributed by atoms with van der Waals surface area (Å²) in [5.41, 5.74) is -2.53. The fourth-order valence-electron chi connectivity index (χ4n) is 5.30. The monoisotopic (exact) mass is 535 g/mol. The molecule has 2 aromatic rings. The minimum Gasteiger partial charge on any atom is -0.507 e. The molecular weight excluding hydrogens is 498 g/mol. The molecule has 1 fully saturated rings. The highest BCUT2D eigenvalue weighted by atomic mass is 16.7. The number of hydrogen-bond acceptors (Lipinski definition) is 10. The van der Waals surface area contributed by atoms with Crippen molar-refractivity contribution in [3.63, 3.8) is 0 Å². The summed E-state index contributed by atoms with van der Waals surface area (Å²) in [6.07, 6.45) is 0.0395. The molecule has 0 bridgehead atoms. The molecule has 38 heavy (non-hydrogen) atoms. The lowest BCUT2D eigenvalue weighted by Gasteiger charge is -2.40. The van der Waals surface area contributed by atoms with Crippen LogP contribution in [0, 0.1) is 0 Å². The van der Waals surface area contributed by atoms with Gasteiger partial charge in [0.05, 0.1) is 29.9 Å². The second kappa shape index (κ2) is 11.2. The summed E-state index contributed by atoms with van der Waals surface area (Å²) in [6, 6.07) is 4.52. The van der Waals surface area contributed by atoms with E-state index >= 15 is 0 Å². The average Bonchev–Trinajstić information content (AvgIpc) is 2.84. The number of aromatic hydroxyl groups is 2. The molecule has 1 heterocycles. The predicted molar refractivity (Wildman–Crippen MR) is 138 cm³/mol. The molecule has 0 amide bonds. The van der Waals surface area contributed by atoms with Crippen molar-refractivity contribution in [3.05, 3.63) is 51.6 Å². The van der Waals surface area contributed by atoms with Crippen molar-refractivity contribution in [2.24, 2.45) is 0 Å². The fourth-order valence-corrected chi connectivity index (χ4v) is 5.30. The topological polar surface area (TPSA) is 206 Å². The second-order valence-electron chi connectivity index (χ2n) is 9.27. The number of Topliss-reactive ketones (excluding diaryl/α,β-unsaturated/α-hetero) is 1. The van der Waals surface area contributed by atoms with Crippen molar-refractivity contribution in [2.75, 3.05) is 13.7 Å². The van der Waals surface area contributed by atoms with E-state index in [2.05, 4.69) is 0 Å². The van der Waals surface area contributed by atoms with Crippen molar-refractivity contribution in [1.82, 2.24) is 6.15 Å². The third kappa shape index (κ3) is 4.56. The SMILES string of the molecule is C.COc1cccc2c1C(=O)c1c(O)c3c(c(O)c1C2=O)C[C@@](O)(C(C)=O)C[C@@H]3OC1CCCCO1.N.O.[HH]. The number of carbonyl (C=O) groups excluding carboxylic acids is 3. The molecule has 0 radical (unpaired) electrons. The third-order valence-electron chi connectivity index (χ3n) is 7.19. The molecule has 1 unspecified atom stereocenters. The first-order valence-electron chi connectivity index (χ1n) is 11.6. The van der Waals surface area contributed by atoms with E-state index in [1.165, 1.54) is 26.2 Å². The Bertz CT molecular complexity index is 1270. The Morgan fingerprint density at radius 3 is 2.39 bits per heavy atom. The van der Waals surface area contributed by atoms with Gasteiger partial charge in [-0.05, 0) is 32.3 Å². The molecular formula is C27H37NO10. The summed E-state index contributed by atoms with van der Waals surface area (Å²) in [6.45, 7) is 1.71. The van der Waals surface area contributed by atoms with Crippen LogP contribution in [0.5, 0.6) is 17.2 Å². The van der Waals surface area contributed by atoms with Crippen LogP contribution in [0.2, 0.25) is 0 Å². The molecule has 11 heteroatoms. The van der Waals surface area contributed by atoms with E-state index in [0.717, 1.165) is 12.8 Å². The smallest absolute Gasteiger partial charge is 0.202 e. The van der Waals surface area contributed by atoms with Gasteiger partial charge in [0.15, 0.2) is 17.9 Å². The number of rotatable bonds is 4. The van der Waals surface area contributed by atoms with E-state index in [1.54, 1.807) is 6.07 Å². The molecule has 2 aromatic carbocycles. The van der Waals surface area contributed by atoms with Gasteiger partial charge in [-0.2, -0.15) is 0 Å². The summed E-state index contributed by atoms with van der Waals surface area (Å²) in [7, 11) is 1.36. The van der Waals surface area contributed by atoms with E-state index in [0.29, 0.717) is 13.0 Å². The van der Waals surface area contributed by atoms with Crippen molar-refractivity contribution < 1.29 is 50.8 Å². The minimum atomic E-state index is -1.90. The van der Waals surface area contributed by atoms with Crippen LogP contribution in [0.1, 0.15) is 90.5 Å². The Kier molecular flexibility index (Phi) is 9.08. The number of methoxy groups -OCH3 is 1. The first-order valence-corrected chi connectivity index (χ1v) is 11.6. The number of aliphatic hydroxyl groups is 1. The highest BCUT2D eigenvalue weighted by molar-refractivity contribution is 6.31. The number of phenols is 2. The molecule has 11 nitrogen and oxygen atoms in total. The van der Waals surface area contributed by atoms with E-state index in [-0.39, 0.29) is 72.5 Å². The van der Waals surface area contributed by atoms with Crippen LogP contribution >= 0.6 is 0 Å². The molecule has 3 aliphatic rings. The number of phenolic OH excluding ortho intramolecular Hbond substituents is 2. The van der Waals surface area contributed by atoms with Gasteiger partial charge in [0.2, 0.25) is 5.78 Å². The normalized spacial score (nSPS) is 23.4. The van der Waals surface area contributed by atoms with Gasteiger partial charge in [-0.25, -0.2) is 0 Å². The molecule has 0 spiro atoms. The predicted octanol–water partition coefficient (Wildman–Crippen LogP) is 2.95. The quantitative estimate of drug-likeness (QED) is 0.359. The molecule has 5 rings (SSSR count). The lowest BCUT2D eigenvalue weighted by molar-refractivity contribution is -0.203. The van der Waals surface area contributed by atoms with Crippen molar-refractivity contribution in [1.29, 1.82) is 0 Å². The number of hydrogen-bond donors (Lipinski definition) is 4. The number of benzene rings is 2. The number of fused-ring (bicyclic) bond motifs is 3. The van der Waals surface area contributed by atoms with Crippen molar-refractivity contribution >= 4 is 17.3 Å². The maximum Gasteiger partial charge on any atom is 0.202 e. The van der Waals surface area contributed by atoms with Crippen LogP contribution in [0.15, 0.2) is 18.2 Å². The van der Waals surface area contributed by atoms with Gasteiger partial charge >= 0.3 is 0 Å². The van der Waals surface area contributed by atoms with Crippen LogP contribution in [-0.4, -0.2) is 63.8 Å². The number of ether oxygens (including phenoxy) is 3. The number of ketones is 3. The zero-order valence-corrected chi connectivity index (χ0v) is 20.6. The van der Waals surface area contributed by atoms with Gasteiger partial charge in [-0.1, -0.05) is 19.6 Å². The summed E-state index contributed by atoms with van der Waals surface area (Å²) in [5.74, 6) is -2.81. The van der Waals surface area contributed by atoms with Crippen LogP contribution in [0.4, 0.5) is 0 Å². The highest BCUT2D eigenvalue weighted by Crippen LogP contribution is 2.52. The zero-order valence-electron chi connectivity index (χ0n) is 20.6. The summed E-state index contributed by atoms with van der Waals surface area (Å²) >= 11 is 0. The maximum atomic E-state index is 13.6. The van der Waals surface area contributed by atoms with Crippen LogP contribution in [-0.2, 0) is 20.7 Å². The lowest BCUT2D eigenvalue weighted by Crippen LogP contribution is -2.45. The Balaban J connectivity index is 0.00000190. The molecule has 1 saturated heterocycles. The fraction of sp³-hybridized carbons (Fsp3) is 0.444. The number of carbonyl (C=O) groups is 3. The van der Waals surface area contributed by atoms with Gasteiger partial charge in [0.25, 0.3) is 0 Å². The molecule has 1 aliphatic heterocycles. The second-order valence-corrected chi connectivity index (χ2v) is 9.27. The van der Waals surface area contributed by atoms with E-state index in [9.17, 15) is 29.7 Å². The first kappa shape index (κ1) is 30.9. The van der Waals surface area contributed by atoms with Crippen molar-refractivity contribution in [3.8, 4) is 17.2 Å². The molecule has 2 aliphatic carbocycles. The summed E-state index contributed by atoms with van der Waals surface area (Å²) in [4.78, 5) is 39.4. The standard InChI is InChI=1S/C26H26O9.CH4.H3N.H2O.H2/c1-12(27)26(32)10-14-19(16(11-26)35-17-8-3-4-9-34-17)25(31)21-20(23(14)29)22(28)13-6-5-7-15(33-2)18(13)24(21)30;;;;/h5-7,16-17,29,31-32H,3-4,8-11H2,1-2H3;1H4;1H3;1H2;1H/t16-,17?,26-;;;;/m0..../s1. The largest absolute Gasteiger partial charge is 0.507 e. The Morgan fingerprint density at radius 1 is 1.11 bits per heavy atom. The van der Waals surface area contributed by atoms with Gasteiger partial charge in [-0.3, -0.25) is 14.4 Å². The summed E-state index contributed by atoms with van der Waals surface area (Å²) < 4.78 is 17.0. The van der Waals surface area contributed by atoms with E-state index in [1.807, 2.05) is 0 Å². The van der Waals surface area contributed by atoms with E-state index < -0.39 is 46.8 Å². The summed E-state index contributed by atoms with van der Waals surface area (Å²) in [5, 5.41) is 33.8. The molecule has 0 saturated carbocycles. The van der Waals surface area contributed by atoms with Crippen molar-refractivity contribution in [2.45, 2.75) is 64.4 Å². The highest BCUT2D eigenvalue weighted by Gasteiger charge is 2.48. The van der Waals surface area contributed by atoms with Gasteiger partial charge in [0, 0.05) is 37.6 Å².